The molecule has 1 aromatic heterocycles. The van der Waals surface area contributed by atoms with E-state index in [9.17, 15) is 0 Å². The summed E-state index contributed by atoms with van der Waals surface area (Å²) in [5, 5.41) is 0. The van der Waals surface area contributed by atoms with Gasteiger partial charge in [-0.1, -0.05) is 37.3 Å². The molecule has 0 amide bonds. The Morgan fingerprint density at radius 1 is 1.12 bits per heavy atom. The Labute approximate surface area is 95.6 Å². The van der Waals surface area contributed by atoms with Gasteiger partial charge in [0.15, 0.2) is 0 Å². The molecule has 2 rings (SSSR count). The molecule has 0 aliphatic carbocycles. The van der Waals surface area contributed by atoms with Crippen molar-refractivity contribution in [3.8, 4) is 0 Å². The number of aliphatic imine (C=N–C) groups is 1. The van der Waals surface area contributed by atoms with Gasteiger partial charge < -0.3 is 4.42 Å². The molecule has 0 saturated carbocycles. The average Bonchev–Trinajstić information content (AvgIpc) is 2.78. The van der Waals surface area contributed by atoms with E-state index >= 15 is 0 Å². The highest BCUT2D eigenvalue weighted by molar-refractivity contribution is 5.75. The SMILES string of the molecule is CCc1ccc(C=NCc2ccccc2)o1. The van der Waals surface area contributed by atoms with Gasteiger partial charge in [0, 0.05) is 6.42 Å². The summed E-state index contributed by atoms with van der Waals surface area (Å²) in [6.07, 6.45) is 2.71. The minimum atomic E-state index is 0.697. The third-order valence-corrected chi connectivity index (χ3v) is 2.37. The van der Waals surface area contributed by atoms with E-state index in [1.54, 1.807) is 6.21 Å². The van der Waals surface area contributed by atoms with Gasteiger partial charge in [-0.15, -0.1) is 0 Å². The summed E-state index contributed by atoms with van der Waals surface area (Å²) in [6, 6.07) is 14.1. The van der Waals surface area contributed by atoms with Gasteiger partial charge in [0.05, 0.1) is 12.8 Å². The molecule has 0 saturated heterocycles. The van der Waals surface area contributed by atoms with Gasteiger partial charge in [-0.25, -0.2) is 0 Å². The molecule has 0 N–H and O–H groups in total. The predicted molar refractivity (Wildman–Crippen MR) is 65.8 cm³/mol. The van der Waals surface area contributed by atoms with Crippen molar-refractivity contribution in [1.82, 2.24) is 0 Å². The Balaban J connectivity index is 1.95. The Hall–Kier alpha value is -1.83. The Bertz CT molecular complexity index is 457. The third-order valence-electron chi connectivity index (χ3n) is 2.37. The molecule has 82 valence electrons. The monoisotopic (exact) mass is 213 g/mol. The molecule has 2 nitrogen and oxygen atoms in total. The second kappa shape index (κ2) is 5.31. The minimum absolute atomic E-state index is 0.697. The molecular weight excluding hydrogens is 198 g/mol. The lowest BCUT2D eigenvalue weighted by Gasteiger charge is -1.93. The summed E-state index contributed by atoms with van der Waals surface area (Å²) in [6.45, 7) is 2.77. The number of hydrogen-bond acceptors (Lipinski definition) is 2. The fourth-order valence-electron chi connectivity index (χ4n) is 1.48. The van der Waals surface area contributed by atoms with Crippen LogP contribution in [-0.2, 0) is 13.0 Å². The van der Waals surface area contributed by atoms with Crippen molar-refractivity contribution < 1.29 is 4.42 Å². The number of hydrogen-bond donors (Lipinski definition) is 0. The Morgan fingerprint density at radius 3 is 2.62 bits per heavy atom. The zero-order valence-corrected chi connectivity index (χ0v) is 9.39. The van der Waals surface area contributed by atoms with Gasteiger partial charge in [0.2, 0.25) is 0 Å². The maximum absolute atomic E-state index is 5.52. The van der Waals surface area contributed by atoms with Crippen molar-refractivity contribution in [3.63, 3.8) is 0 Å². The summed E-state index contributed by atoms with van der Waals surface area (Å²) in [5.74, 6) is 1.83. The lowest BCUT2D eigenvalue weighted by Crippen LogP contribution is -1.82. The number of benzene rings is 1. The van der Waals surface area contributed by atoms with E-state index in [2.05, 4.69) is 24.0 Å². The topological polar surface area (TPSA) is 25.5 Å². The van der Waals surface area contributed by atoms with Crippen molar-refractivity contribution in [1.29, 1.82) is 0 Å². The maximum Gasteiger partial charge on any atom is 0.144 e. The zero-order valence-electron chi connectivity index (χ0n) is 9.39. The zero-order chi connectivity index (χ0) is 11.2. The lowest BCUT2D eigenvalue weighted by atomic mass is 10.2. The van der Waals surface area contributed by atoms with E-state index < -0.39 is 0 Å². The van der Waals surface area contributed by atoms with Crippen molar-refractivity contribution in [2.75, 3.05) is 0 Å². The van der Waals surface area contributed by atoms with Crippen LogP contribution in [0.25, 0.3) is 0 Å². The molecule has 2 heteroatoms. The van der Waals surface area contributed by atoms with E-state index in [0.29, 0.717) is 6.54 Å². The summed E-state index contributed by atoms with van der Waals surface area (Å²) in [7, 11) is 0. The molecule has 1 heterocycles. The molecule has 0 unspecified atom stereocenters. The van der Waals surface area contributed by atoms with Crippen LogP contribution in [0.1, 0.15) is 24.0 Å². The number of nitrogens with zero attached hydrogens (tertiary/aromatic N) is 1. The molecule has 0 spiro atoms. The second-order valence-corrected chi connectivity index (χ2v) is 3.61. The van der Waals surface area contributed by atoms with Crippen molar-refractivity contribution in [3.05, 3.63) is 59.5 Å². The third kappa shape index (κ3) is 2.83. The van der Waals surface area contributed by atoms with Gasteiger partial charge in [0.25, 0.3) is 0 Å². The first-order chi connectivity index (χ1) is 7.88. The normalized spacial score (nSPS) is 11.1. The fourth-order valence-corrected chi connectivity index (χ4v) is 1.48. The van der Waals surface area contributed by atoms with E-state index in [1.807, 2.05) is 30.3 Å². The van der Waals surface area contributed by atoms with Gasteiger partial charge >= 0.3 is 0 Å². The van der Waals surface area contributed by atoms with Crippen LogP contribution in [0.5, 0.6) is 0 Å². The van der Waals surface area contributed by atoms with E-state index in [4.69, 9.17) is 4.42 Å². The van der Waals surface area contributed by atoms with E-state index in [0.717, 1.165) is 17.9 Å². The second-order valence-electron chi connectivity index (χ2n) is 3.61. The molecular formula is C14H15NO. The van der Waals surface area contributed by atoms with Gasteiger partial charge in [-0.2, -0.15) is 0 Å². The molecule has 0 fully saturated rings. The summed E-state index contributed by atoms with van der Waals surface area (Å²) < 4.78 is 5.52. The minimum Gasteiger partial charge on any atom is -0.460 e. The fraction of sp³-hybridized carbons (Fsp3) is 0.214. The highest BCUT2D eigenvalue weighted by Crippen LogP contribution is 2.06. The van der Waals surface area contributed by atoms with Crippen LogP contribution in [0.4, 0.5) is 0 Å². The average molecular weight is 213 g/mol. The summed E-state index contributed by atoms with van der Waals surface area (Å²) in [4.78, 5) is 4.34. The molecule has 0 bridgehead atoms. The summed E-state index contributed by atoms with van der Waals surface area (Å²) >= 11 is 0. The number of rotatable bonds is 4. The van der Waals surface area contributed by atoms with Crippen LogP contribution in [-0.4, -0.2) is 6.21 Å². The van der Waals surface area contributed by atoms with Gasteiger partial charge in [-0.05, 0) is 17.7 Å². The molecule has 16 heavy (non-hydrogen) atoms. The molecule has 0 aliphatic heterocycles. The smallest absolute Gasteiger partial charge is 0.144 e. The quantitative estimate of drug-likeness (QED) is 0.714. The molecule has 0 atom stereocenters. The summed E-state index contributed by atoms with van der Waals surface area (Å²) in [5.41, 5.74) is 1.21. The first-order valence-electron chi connectivity index (χ1n) is 5.51. The van der Waals surface area contributed by atoms with E-state index in [1.165, 1.54) is 5.56 Å². The molecule has 0 aliphatic rings. The van der Waals surface area contributed by atoms with Gasteiger partial charge in [-0.3, -0.25) is 4.99 Å². The van der Waals surface area contributed by atoms with Gasteiger partial charge in [0.1, 0.15) is 11.5 Å². The first kappa shape index (κ1) is 10.7. The number of furan rings is 1. The lowest BCUT2D eigenvalue weighted by molar-refractivity contribution is 0.510. The van der Waals surface area contributed by atoms with Crippen LogP contribution in [0, 0.1) is 0 Å². The van der Waals surface area contributed by atoms with E-state index in [-0.39, 0.29) is 0 Å². The number of aryl methyl sites for hydroxylation is 1. The van der Waals surface area contributed by atoms with Crippen LogP contribution >= 0.6 is 0 Å². The van der Waals surface area contributed by atoms with Crippen molar-refractivity contribution in [2.45, 2.75) is 19.9 Å². The highest BCUT2D eigenvalue weighted by atomic mass is 16.3. The van der Waals surface area contributed by atoms with Crippen LogP contribution in [0.2, 0.25) is 0 Å². The standard InChI is InChI=1S/C14H15NO/c1-2-13-8-9-14(16-13)11-15-10-12-6-4-3-5-7-12/h3-9,11H,2,10H2,1H3. The highest BCUT2D eigenvalue weighted by Gasteiger charge is 1.96. The molecule has 0 radical (unpaired) electrons. The Morgan fingerprint density at radius 2 is 1.94 bits per heavy atom. The van der Waals surface area contributed by atoms with Crippen molar-refractivity contribution in [2.24, 2.45) is 4.99 Å². The molecule has 1 aromatic carbocycles. The maximum atomic E-state index is 5.52. The van der Waals surface area contributed by atoms with Crippen LogP contribution in [0.15, 0.2) is 51.9 Å². The molecule has 2 aromatic rings. The van der Waals surface area contributed by atoms with Crippen molar-refractivity contribution >= 4 is 6.21 Å². The largest absolute Gasteiger partial charge is 0.460 e. The first-order valence-corrected chi connectivity index (χ1v) is 5.51. The predicted octanol–water partition coefficient (Wildman–Crippen LogP) is 3.46. The van der Waals surface area contributed by atoms with Crippen LogP contribution < -0.4 is 0 Å². The Kier molecular flexibility index (Phi) is 3.54. The van der Waals surface area contributed by atoms with Crippen LogP contribution in [0.3, 0.4) is 0 Å².